The Kier molecular flexibility index (Phi) is 34.0. The summed E-state index contributed by atoms with van der Waals surface area (Å²) >= 11 is 0. The number of phosphoric acid groups is 1. The Morgan fingerprint density at radius 1 is 0.569 bits per heavy atom. The minimum Gasteiger partial charge on any atom is -0.462 e. The standard InChI is InChI=1S/C41H69O9P/c1-3-5-7-8-9-10-11-12-13-14-15-16-17-20-23-26-30-34-40(43)48-36-39(37-49-51(45,46)47)50-41(44)35-31-27-24-21-18-19-22-25-29-33-38(42)32-28-6-4-2/h12-13,15-16,20,22-23,25,29,33,39H,3-11,14,17-19,21,24,26-28,30-32,34-37H2,1-2H3,(H2,45,46,47)/b13-12-,16-15-,23-20-,25-22-,33-29+/t39-/m1/s1. The van der Waals surface area contributed by atoms with Gasteiger partial charge in [-0.1, -0.05) is 133 Å². The number of phosphoric ester groups is 1. The van der Waals surface area contributed by atoms with Crippen LogP contribution in [0.15, 0.2) is 60.8 Å². The molecule has 0 aliphatic rings. The molecule has 10 heteroatoms. The lowest BCUT2D eigenvalue weighted by Crippen LogP contribution is -2.29. The van der Waals surface area contributed by atoms with E-state index in [9.17, 15) is 18.9 Å². The van der Waals surface area contributed by atoms with E-state index >= 15 is 0 Å². The fourth-order valence-corrected chi connectivity index (χ4v) is 5.38. The molecule has 0 spiro atoms. The molecular formula is C41H69O9P. The van der Waals surface area contributed by atoms with Crippen molar-refractivity contribution in [1.82, 2.24) is 0 Å². The molecule has 2 N–H and O–H groups in total. The smallest absolute Gasteiger partial charge is 0.462 e. The molecule has 51 heavy (non-hydrogen) atoms. The Labute approximate surface area is 309 Å². The third-order valence-electron chi connectivity index (χ3n) is 7.99. The van der Waals surface area contributed by atoms with Gasteiger partial charge in [-0.05, 0) is 70.3 Å². The molecule has 0 rings (SSSR count). The van der Waals surface area contributed by atoms with E-state index in [0.717, 1.165) is 77.0 Å². The van der Waals surface area contributed by atoms with Crippen molar-refractivity contribution in [3.63, 3.8) is 0 Å². The zero-order valence-corrected chi connectivity index (χ0v) is 32.6. The molecule has 0 aromatic heterocycles. The predicted octanol–water partition coefficient (Wildman–Crippen LogP) is 10.9. The maximum Gasteiger partial charge on any atom is 0.469 e. The highest BCUT2D eigenvalue weighted by atomic mass is 31.2. The monoisotopic (exact) mass is 736 g/mol. The molecule has 9 nitrogen and oxygen atoms in total. The number of ketones is 1. The minimum absolute atomic E-state index is 0.148. The summed E-state index contributed by atoms with van der Waals surface area (Å²) < 4.78 is 26.2. The van der Waals surface area contributed by atoms with Crippen molar-refractivity contribution in [1.29, 1.82) is 0 Å². The van der Waals surface area contributed by atoms with Crippen molar-refractivity contribution in [2.24, 2.45) is 0 Å². The number of carbonyl (C=O) groups is 3. The van der Waals surface area contributed by atoms with Crippen LogP contribution in [0.3, 0.4) is 0 Å². The topological polar surface area (TPSA) is 136 Å². The molecule has 0 radical (unpaired) electrons. The van der Waals surface area contributed by atoms with Crippen LogP contribution in [0.1, 0.15) is 162 Å². The van der Waals surface area contributed by atoms with Gasteiger partial charge in [0.1, 0.15) is 6.61 Å². The number of carbonyl (C=O) groups excluding carboxylic acids is 3. The number of hydrogen-bond acceptors (Lipinski definition) is 7. The molecule has 0 fully saturated rings. The molecule has 0 aromatic carbocycles. The number of rotatable bonds is 35. The summed E-state index contributed by atoms with van der Waals surface area (Å²) in [6.07, 6.45) is 40.7. The van der Waals surface area contributed by atoms with Gasteiger partial charge in [-0.25, -0.2) is 4.57 Å². The molecular weight excluding hydrogens is 667 g/mol. The maximum absolute atomic E-state index is 12.4. The molecule has 0 saturated heterocycles. The fraction of sp³-hybridized carbons (Fsp3) is 0.683. The van der Waals surface area contributed by atoms with Crippen LogP contribution >= 0.6 is 7.82 Å². The van der Waals surface area contributed by atoms with E-state index in [4.69, 9.17) is 19.3 Å². The van der Waals surface area contributed by atoms with Crippen LogP contribution < -0.4 is 0 Å². The Morgan fingerprint density at radius 3 is 1.73 bits per heavy atom. The number of hydrogen-bond donors (Lipinski definition) is 2. The first kappa shape index (κ1) is 48.4. The second kappa shape index (κ2) is 35.8. The summed E-state index contributed by atoms with van der Waals surface area (Å²) in [5, 5.41) is 0. The molecule has 292 valence electrons. The van der Waals surface area contributed by atoms with Gasteiger partial charge in [0.05, 0.1) is 6.61 Å². The molecule has 0 bridgehead atoms. The number of allylic oxidation sites excluding steroid dienone is 10. The summed E-state index contributed by atoms with van der Waals surface area (Å²) in [4.78, 5) is 54.4. The van der Waals surface area contributed by atoms with E-state index in [1.807, 2.05) is 12.2 Å². The minimum atomic E-state index is -4.79. The Bertz CT molecular complexity index is 1070. The average molecular weight is 737 g/mol. The second-order valence-corrected chi connectivity index (χ2v) is 14.2. The van der Waals surface area contributed by atoms with Crippen LogP contribution in [0, 0.1) is 0 Å². The van der Waals surface area contributed by atoms with Crippen LogP contribution in [0.4, 0.5) is 0 Å². The Balaban J connectivity index is 4.12. The van der Waals surface area contributed by atoms with Gasteiger partial charge in [-0.3, -0.25) is 18.9 Å². The van der Waals surface area contributed by atoms with E-state index in [-0.39, 0.29) is 25.2 Å². The Morgan fingerprint density at radius 2 is 1.08 bits per heavy atom. The first-order chi connectivity index (χ1) is 24.7. The van der Waals surface area contributed by atoms with E-state index in [2.05, 4.69) is 54.8 Å². The molecule has 0 aliphatic carbocycles. The van der Waals surface area contributed by atoms with Crippen molar-refractivity contribution in [2.75, 3.05) is 13.2 Å². The van der Waals surface area contributed by atoms with Crippen molar-refractivity contribution < 1.29 is 42.7 Å². The van der Waals surface area contributed by atoms with Gasteiger partial charge >= 0.3 is 19.8 Å². The molecule has 0 heterocycles. The first-order valence-electron chi connectivity index (χ1n) is 19.5. The van der Waals surface area contributed by atoms with Gasteiger partial charge in [0.2, 0.25) is 0 Å². The van der Waals surface area contributed by atoms with E-state index in [1.54, 1.807) is 12.2 Å². The molecule has 0 saturated carbocycles. The van der Waals surface area contributed by atoms with Gasteiger partial charge in [-0.2, -0.15) is 0 Å². The van der Waals surface area contributed by atoms with Crippen molar-refractivity contribution >= 4 is 25.5 Å². The van der Waals surface area contributed by atoms with Crippen LogP contribution in [-0.4, -0.2) is 46.8 Å². The third kappa shape index (κ3) is 38.5. The quantitative estimate of drug-likeness (QED) is 0.0163. The summed E-state index contributed by atoms with van der Waals surface area (Å²) in [6.45, 7) is 3.44. The van der Waals surface area contributed by atoms with Gasteiger partial charge in [0.15, 0.2) is 11.9 Å². The lowest BCUT2D eigenvalue weighted by atomic mass is 10.1. The maximum atomic E-state index is 12.4. The SMILES string of the molecule is CCCCCCCC/C=C\C/C=C\C/C=C\CCCC(=O)OC[C@H](COP(=O)(O)O)OC(=O)CCCCCCC/C=C\C=C\C(=O)CCCCC. The van der Waals surface area contributed by atoms with Gasteiger partial charge < -0.3 is 19.3 Å². The zero-order valence-electron chi connectivity index (χ0n) is 31.7. The normalized spacial score (nSPS) is 13.0. The second-order valence-electron chi connectivity index (χ2n) is 12.9. The molecule has 0 aliphatic heterocycles. The van der Waals surface area contributed by atoms with Crippen LogP contribution in [-0.2, 0) is 32.9 Å². The van der Waals surface area contributed by atoms with E-state index in [0.29, 0.717) is 19.3 Å². The highest BCUT2D eigenvalue weighted by Gasteiger charge is 2.22. The van der Waals surface area contributed by atoms with Crippen molar-refractivity contribution in [3.8, 4) is 0 Å². The summed E-state index contributed by atoms with van der Waals surface area (Å²) in [5.74, 6) is -0.846. The number of unbranched alkanes of at least 4 members (excludes halogenated alkanes) is 14. The van der Waals surface area contributed by atoms with Crippen LogP contribution in [0.25, 0.3) is 0 Å². The van der Waals surface area contributed by atoms with Crippen LogP contribution in [0.2, 0.25) is 0 Å². The van der Waals surface area contributed by atoms with E-state index < -0.39 is 32.5 Å². The van der Waals surface area contributed by atoms with E-state index in [1.165, 1.54) is 38.5 Å². The third-order valence-corrected chi connectivity index (χ3v) is 8.47. The van der Waals surface area contributed by atoms with Gasteiger partial charge in [0, 0.05) is 19.3 Å². The highest BCUT2D eigenvalue weighted by Crippen LogP contribution is 2.36. The van der Waals surface area contributed by atoms with Gasteiger partial charge in [0.25, 0.3) is 0 Å². The summed E-state index contributed by atoms with van der Waals surface area (Å²) in [7, 11) is -4.79. The average Bonchev–Trinajstić information content (AvgIpc) is 3.09. The summed E-state index contributed by atoms with van der Waals surface area (Å²) in [5.41, 5.74) is 0. The molecule has 1 atom stereocenters. The molecule has 0 aromatic rings. The van der Waals surface area contributed by atoms with Gasteiger partial charge in [-0.15, -0.1) is 0 Å². The summed E-state index contributed by atoms with van der Waals surface area (Å²) in [6, 6.07) is 0. The number of ether oxygens (including phenoxy) is 2. The largest absolute Gasteiger partial charge is 0.469 e. The lowest BCUT2D eigenvalue weighted by Gasteiger charge is -2.18. The highest BCUT2D eigenvalue weighted by molar-refractivity contribution is 7.46. The predicted molar refractivity (Wildman–Crippen MR) is 207 cm³/mol. The van der Waals surface area contributed by atoms with Crippen molar-refractivity contribution in [3.05, 3.63) is 60.8 Å². The first-order valence-corrected chi connectivity index (χ1v) is 21.1. The zero-order chi connectivity index (χ0) is 37.7. The Hall–Kier alpha value is -2.58. The lowest BCUT2D eigenvalue weighted by molar-refractivity contribution is -0.161. The molecule has 0 amide bonds. The molecule has 0 unspecified atom stereocenters. The number of esters is 2. The van der Waals surface area contributed by atoms with Crippen LogP contribution in [0.5, 0.6) is 0 Å². The fourth-order valence-electron chi connectivity index (χ4n) is 5.02. The van der Waals surface area contributed by atoms with Crippen molar-refractivity contribution in [2.45, 2.75) is 168 Å².